The second-order valence-corrected chi connectivity index (χ2v) is 4.72. The van der Waals surface area contributed by atoms with E-state index in [-0.39, 0.29) is 23.3 Å². The molecule has 92 valence electrons. The third kappa shape index (κ3) is 2.75. The van der Waals surface area contributed by atoms with E-state index in [1.165, 1.54) is 6.07 Å². The van der Waals surface area contributed by atoms with Crippen LogP contribution < -0.4 is 0 Å². The molecule has 0 aliphatic carbocycles. The van der Waals surface area contributed by atoms with Crippen LogP contribution >= 0.6 is 11.6 Å². The fraction of sp³-hybridized carbons (Fsp3) is 0.417. The van der Waals surface area contributed by atoms with Crippen molar-refractivity contribution in [3.8, 4) is 0 Å². The van der Waals surface area contributed by atoms with E-state index in [1.54, 1.807) is 4.90 Å². The van der Waals surface area contributed by atoms with Crippen LogP contribution in [0.15, 0.2) is 18.2 Å². The van der Waals surface area contributed by atoms with Crippen molar-refractivity contribution in [2.45, 2.75) is 18.2 Å². The Morgan fingerprint density at radius 2 is 2.06 bits per heavy atom. The van der Waals surface area contributed by atoms with Gasteiger partial charge in [-0.05, 0) is 18.6 Å². The fourth-order valence-corrected chi connectivity index (χ4v) is 2.17. The summed E-state index contributed by atoms with van der Waals surface area (Å²) in [7, 11) is 0. The summed E-state index contributed by atoms with van der Waals surface area (Å²) in [5.74, 6) is -1.64. The number of carbonyl (C=O) groups is 1. The number of hydrogen-bond acceptors (Lipinski definition) is 1. The number of likely N-dealkylation sites (tertiary alicyclic amines) is 1. The van der Waals surface area contributed by atoms with Gasteiger partial charge in [-0.1, -0.05) is 6.07 Å². The van der Waals surface area contributed by atoms with E-state index in [2.05, 4.69) is 0 Å². The van der Waals surface area contributed by atoms with E-state index in [1.807, 2.05) is 0 Å². The minimum Gasteiger partial charge on any atom is -0.341 e. The summed E-state index contributed by atoms with van der Waals surface area (Å²) in [5.41, 5.74) is -0.171. The molecule has 1 aromatic carbocycles. The van der Waals surface area contributed by atoms with Crippen LogP contribution in [0.5, 0.6) is 0 Å². The molecular formula is C12H12ClF2NO. The Labute approximate surface area is 103 Å². The summed E-state index contributed by atoms with van der Waals surface area (Å²) in [5, 5.41) is -0.0515. The van der Waals surface area contributed by atoms with Crippen molar-refractivity contribution >= 4 is 17.5 Å². The molecule has 0 aromatic heterocycles. The molecule has 1 aliphatic rings. The van der Waals surface area contributed by atoms with Crippen molar-refractivity contribution in [1.82, 2.24) is 4.90 Å². The monoisotopic (exact) mass is 259 g/mol. The van der Waals surface area contributed by atoms with Gasteiger partial charge in [0.2, 0.25) is 5.91 Å². The van der Waals surface area contributed by atoms with Crippen LogP contribution in [0.3, 0.4) is 0 Å². The Bertz CT molecular complexity index is 418. The number of nitrogens with zero attached hydrogens (tertiary/aromatic N) is 1. The fourth-order valence-electron chi connectivity index (χ4n) is 1.91. The predicted molar refractivity (Wildman–Crippen MR) is 60.9 cm³/mol. The van der Waals surface area contributed by atoms with Crippen LogP contribution in [0.25, 0.3) is 0 Å². The first kappa shape index (κ1) is 12.3. The molecular weight excluding hydrogens is 248 g/mol. The molecule has 5 heteroatoms. The number of amides is 1. The number of hydrogen-bond donors (Lipinski definition) is 0. The molecule has 0 N–H and O–H groups in total. The zero-order valence-corrected chi connectivity index (χ0v) is 9.88. The molecule has 1 saturated heterocycles. The van der Waals surface area contributed by atoms with Crippen LogP contribution in [0.4, 0.5) is 8.78 Å². The van der Waals surface area contributed by atoms with Crippen molar-refractivity contribution in [3.63, 3.8) is 0 Å². The number of rotatable bonds is 2. The maximum atomic E-state index is 13.3. The Morgan fingerprint density at radius 3 is 2.59 bits per heavy atom. The Kier molecular flexibility index (Phi) is 3.62. The van der Waals surface area contributed by atoms with Gasteiger partial charge in [-0.25, -0.2) is 8.78 Å². The molecule has 2 rings (SSSR count). The highest BCUT2D eigenvalue weighted by Crippen LogP contribution is 2.18. The average molecular weight is 260 g/mol. The molecule has 1 unspecified atom stereocenters. The first-order chi connectivity index (χ1) is 8.08. The molecule has 0 radical (unpaired) electrons. The highest BCUT2D eigenvalue weighted by atomic mass is 35.5. The molecule has 0 bridgehead atoms. The largest absolute Gasteiger partial charge is 0.341 e. The van der Waals surface area contributed by atoms with Crippen molar-refractivity contribution in [2.75, 3.05) is 13.1 Å². The lowest BCUT2D eigenvalue weighted by Crippen LogP contribution is -2.30. The van der Waals surface area contributed by atoms with Gasteiger partial charge in [0.05, 0.1) is 11.8 Å². The normalized spacial score (nSPS) is 19.7. The molecule has 1 aromatic rings. The molecule has 17 heavy (non-hydrogen) atoms. The van der Waals surface area contributed by atoms with E-state index in [9.17, 15) is 13.6 Å². The van der Waals surface area contributed by atoms with Crippen molar-refractivity contribution in [3.05, 3.63) is 35.4 Å². The highest BCUT2D eigenvalue weighted by Gasteiger charge is 2.25. The summed E-state index contributed by atoms with van der Waals surface area (Å²) >= 11 is 5.87. The quantitative estimate of drug-likeness (QED) is 0.747. The smallest absolute Gasteiger partial charge is 0.227 e. The molecule has 2 nitrogen and oxygen atoms in total. The SMILES string of the molecule is O=C(Cc1c(F)cccc1F)N1CCC(Cl)C1. The second-order valence-electron chi connectivity index (χ2n) is 4.10. The van der Waals surface area contributed by atoms with Crippen molar-refractivity contribution in [2.24, 2.45) is 0 Å². The maximum absolute atomic E-state index is 13.3. The van der Waals surface area contributed by atoms with Crippen LogP contribution in [0.2, 0.25) is 0 Å². The summed E-state index contributed by atoms with van der Waals surface area (Å²) in [6.45, 7) is 1.01. The highest BCUT2D eigenvalue weighted by molar-refractivity contribution is 6.21. The third-order valence-electron chi connectivity index (χ3n) is 2.87. The minimum atomic E-state index is -0.681. The summed E-state index contributed by atoms with van der Waals surface area (Å²) in [6.07, 6.45) is 0.481. The van der Waals surface area contributed by atoms with Gasteiger partial charge in [0.15, 0.2) is 0 Å². The number of carbonyl (C=O) groups excluding carboxylic acids is 1. The van der Waals surface area contributed by atoms with E-state index < -0.39 is 11.6 Å². The van der Waals surface area contributed by atoms with Crippen molar-refractivity contribution in [1.29, 1.82) is 0 Å². The summed E-state index contributed by atoms with van der Waals surface area (Å²) in [4.78, 5) is 13.3. The lowest BCUT2D eigenvalue weighted by Gasteiger charge is -2.15. The Hall–Kier alpha value is -1.16. The van der Waals surface area contributed by atoms with Crippen LogP contribution in [-0.4, -0.2) is 29.3 Å². The van der Waals surface area contributed by atoms with Gasteiger partial charge in [-0.3, -0.25) is 4.79 Å². The Morgan fingerprint density at radius 1 is 1.41 bits per heavy atom. The molecule has 1 fully saturated rings. The van der Waals surface area contributed by atoms with Crippen LogP contribution in [0, 0.1) is 11.6 Å². The predicted octanol–water partition coefficient (Wildman–Crippen LogP) is 2.35. The van der Waals surface area contributed by atoms with Gasteiger partial charge in [0, 0.05) is 18.7 Å². The standard InChI is InChI=1S/C12H12ClF2NO/c13-8-4-5-16(7-8)12(17)6-9-10(14)2-1-3-11(9)15/h1-3,8H,4-7H2. The zero-order chi connectivity index (χ0) is 12.4. The van der Waals surface area contributed by atoms with Gasteiger partial charge in [0.25, 0.3) is 0 Å². The topological polar surface area (TPSA) is 20.3 Å². The van der Waals surface area contributed by atoms with Gasteiger partial charge < -0.3 is 4.90 Å². The van der Waals surface area contributed by atoms with Gasteiger partial charge in [-0.2, -0.15) is 0 Å². The third-order valence-corrected chi connectivity index (χ3v) is 3.23. The lowest BCUT2D eigenvalue weighted by atomic mass is 10.1. The Balaban J connectivity index is 2.08. The molecule has 1 atom stereocenters. The average Bonchev–Trinajstić information content (AvgIpc) is 2.70. The summed E-state index contributed by atoms with van der Waals surface area (Å²) in [6, 6.07) is 3.59. The number of benzene rings is 1. The number of halogens is 3. The first-order valence-electron chi connectivity index (χ1n) is 5.42. The lowest BCUT2D eigenvalue weighted by molar-refractivity contribution is -0.129. The van der Waals surface area contributed by atoms with Crippen LogP contribution in [-0.2, 0) is 11.2 Å². The maximum Gasteiger partial charge on any atom is 0.227 e. The zero-order valence-electron chi connectivity index (χ0n) is 9.13. The molecule has 1 aliphatic heterocycles. The van der Waals surface area contributed by atoms with E-state index in [0.717, 1.165) is 18.6 Å². The van der Waals surface area contributed by atoms with Crippen LogP contribution in [0.1, 0.15) is 12.0 Å². The van der Waals surface area contributed by atoms with E-state index in [4.69, 9.17) is 11.6 Å². The van der Waals surface area contributed by atoms with Crippen molar-refractivity contribution < 1.29 is 13.6 Å². The van der Waals surface area contributed by atoms with Gasteiger partial charge in [-0.15, -0.1) is 11.6 Å². The first-order valence-corrected chi connectivity index (χ1v) is 5.86. The second kappa shape index (κ2) is 5.00. The molecule has 1 heterocycles. The van der Waals surface area contributed by atoms with E-state index >= 15 is 0 Å². The molecule has 0 saturated carbocycles. The van der Waals surface area contributed by atoms with Gasteiger partial charge >= 0.3 is 0 Å². The number of alkyl halides is 1. The molecule has 0 spiro atoms. The molecule has 1 amide bonds. The van der Waals surface area contributed by atoms with E-state index in [0.29, 0.717) is 13.1 Å². The minimum absolute atomic E-state index is 0.0515. The van der Waals surface area contributed by atoms with Gasteiger partial charge in [0.1, 0.15) is 11.6 Å². The summed E-state index contributed by atoms with van der Waals surface area (Å²) < 4.78 is 26.7.